The van der Waals surface area contributed by atoms with Gasteiger partial charge in [-0.15, -0.1) is 5.10 Å². The molecule has 2 aromatic heterocycles. The molecule has 1 N–H and O–H groups in total. The second-order valence-corrected chi connectivity index (χ2v) is 8.73. The third kappa shape index (κ3) is 4.15. The highest BCUT2D eigenvalue weighted by molar-refractivity contribution is 6.42. The first kappa shape index (κ1) is 20.7. The van der Waals surface area contributed by atoms with Crippen molar-refractivity contribution in [3.8, 4) is 0 Å². The number of carbonyl (C=O) groups is 1. The van der Waals surface area contributed by atoms with E-state index in [-0.39, 0.29) is 6.54 Å². The van der Waals surface area contributed by atoms with Crippen LogP contribution >= 0.6 is 23.2 Å². The van der Waals surface area contributed by atoms with Crippen molar-refractivity contribution < 1.29 is 4.79 Å². The van der Waals surface area contributed by atoms with Crippen molar-refractivity contribution in [3.63, 3.8) is 0 Å². The molecule has 2 atom stereocenters. The van der Waals surface area contributed by atoms with Gasteiger partial charge in [-0.05, 0) is 36.5 Å². The summed E-state index contributed by atoms with van der Waals surface area (Å²) in [6.07, 6.45) is 4.32. The van der Waals surface area contributed by atoms with Crippen LogP contribution in [0.5, 0.6) is 0 Å². The third-order valence-electron chi connectivity index (χ3n) is 5.15. The van der Waals surface area contributed by atoms with Crippen LogP contribution in [0.15, 0.2) is 35.4 Å². The average molecular weight is 449 g/mol. The van der Waals surface area contributed by atoms with E-state index in [9.17, 15) is 9.59 Å². The minimum atomic E-state index is -0.395. The van der Waals surface area contributed by atoms with Crippen LogP contribution in [0.1, 0.15) is 20.3 Å². The molecule has 4 rings (SSSR count). The Morgan fingerprint density at radius 2 is 1.93 bits per heavy atom. The average Bonchev–Trinajstić information content (AvgIpc) is 2.99. The molecule has 3 aromatic rings. The number of nitrogens with one attached hydrogen (secondary N) is 1. The molecule has 1 amide bonds. The van der Waals surface area contributed by atoms with Crippen LogP contribution in [0.2, 0.25) is 10.0 Å². The van der Waals surface area contributed by atoms with E-state index in [2.05, 4.69) is 34.1 Å². The number of nitrogens with zero attached hydrogens (tertiary/aromatic N) is 5. The molecule has 0 aliphatic carbocycles. The molecule has 0 bridgehead atoms. The quantitative estimate of drug-likeness (QED) is 0.661. The molecule has 8 nitrogen and oxygen atoms in total. The number of amides is 1. The highest BCUT2D eigenvalue weighted by Crippen LogP contribution is 2.27. The van der Waals surface area contributed by atoms with Gasteiger partial charge >= 0.3 is 5.69 Å². The summed E-state index contributed by atoms with van der Waals surface area (Å²) in [7, 11) is 0. The number of anilines is 2. The summed E-state index contributed by atoms with van der Waals surface area (Å²) >= 11 is 11.9. The van der Waals surface area contributed by atoms with Gasteiger partial charge in [-0.3, -0.25) is 4.79 Å². The maximum absolute atomic E-state index is 12.8. The lowest BCUT2D eigenvalue weighted by Crippen LogP contribution is -2.39. The van der Waals surface area contributed by atoms with Gasteiger partial charge in [0.25, 0.3) is 0 Å². The van der Waals surface area contributed by atoms with Crippen LogP contribution in [-0.4, -0.2) is 38.2 Å². The number of piperidine rings is 1. The topological polar surface area (TPSA) is 84.5 Å². The second kappa shape index (κ2) is 8.28. The smallest absolute Gasteiger partial charge is 0.350 e. The highest BCUT2D eigenvalue weighted by Gasteiger charge is 2.25. The first-order chi connectivity index (χ1) is 14.3. The van der Waals surface area contributed by atoms with Crippen molar-refractivity contribution in [2.24, 2.45) is 11.8 Å². The predicted molar refractivity (Wildman–Crippen MR) is 117 cm³/mol. The molecular weight excluding hydrogens is 427 g/mol. The van der Waals surface area contributed by atoms with Crippen LogP contribution in [0.4, 0.5) is 11.5 Å². The molecule has 0 saturated carbocycles. The Morgan fingerprint density at radius 3 is 2.63 bits per heavy atom. The van der Waals surface area contributed by atoms with Gasteiger partial charge in [-0.2, -0.15) is 0 Å². The van der Waals surface area contributed by atoms with E-state index in [1.54, 1.807) is 30.6 Å². The second-order valence-electron chi connectivity index (χ2n) is 7.91. The summed E-state index contributed by atoms with van der Waals surface area (Å²) in [5, 5.41) is 7.84. The number of carbonyl (C=O) groups excluding carboxylic acids is 1. The number of halogens is 2. The van der Waals surface area contributed by atoms with Crippen LogP contribution in [0.25, 0.3) is 5.65 Å². The lowest BCUT2D eigenvalue weighted by molar-refractivity contribution is -0.117. The molecule has 3 heterocycles. The maximum Gasteiger partial charge on any atom is 0.350 e. The molecule has 10 heteroatoms. The number of benzene rings is 1. The van der Waals surface area contributed by atoms with Crippen LogP contribution < -0.4 is 15.9 Å². The normalized spacial score (nSPS) is 19.3. The van der Waals surface area contributed by atoms with Gasteiger partial charge in [0.05, 0.1) is 10.0 Å². The van der Waals surface area contributed by atoms with Gasteiger partial charge in [-0.1, -0.05) is 37.0 Å². The lowest BCUT2D eigenvalue weighted by atomic mass is 9.92. The van der Waals surface area contributed by atoms with Crippen LogP contribution in [-0.2, 0) is 11.3 Å². The fourth-order valence-corrected chi connectivity index (χ4v) is 4.31. The van der Waals surface area contributed by atoms with Gasteiger partial charge < -0.3 is 10.2 Å². The van der Waals surface area contributed by atoms with E-state index in [1.807, 2.05) is 0 Å². The number of aromatic nitrogens is 4. The van der Waals surface area contributed by atoms with E-state index >= 15 is 0 Å². The molecule has 0 unspecified atom stereocenters. The summed E-state index contributed by atoms with van der Waals surface area (Å²) in [5.74, 6) is 1.33. The molecule has 158 valence electrons. The van der Waals surface area contributed by atoms with Crippen molar-refractivity contribution >= 4 is 46.3 Å². The van der Waals surface area contributed by atoms with E-state index in [0.29, 0.717) is 39.0 Å². The zero-order chi connectivity index (χ0) is 21.4. The number of rotatable bonds is 4. The van der Waals surface area contributed by atoms with Gasteiger partial charge in [0, 0.05) is 31.2 Å². The van der Waals surface area contributed by atoms with Crippen molar-refractivity contribution in [1.29, 1.82) is 0 Å². The number of hydrogen-bond acceptors (Lipinski definition) is 5. The van der Waals surface area contributed by atoms with Gasteiger partial charge in [0.1, 0.15) is 6.54 Å². The minimum Gasteiger partial charge on any atom is -0.353 e. The van der Waals surface area contributed by atoms with Gasteiger partial charge in [0.2, 0.25) is 11.6 Å². The largest absolute Gasteiger partial charge is 0.353 e. The van der Waals surface area contributed by atoms with E-state index in [0.717, 1.165) is 24.2 Å². The molecule has 1 fully saturated rings. The Kier molecular flexibility index (Phi) is 5.71. The number of hydrogen-bond donors (Lipinski definition) is 1. The van der Waals surface area contributed by atoms with Crippen molar-refractivity contribution in [1.82, 2.24) is 19.2 Å². The highest BCUT2D eigenvalue weighted by atomic mass is 35.5. The summed E-state index contributed by atoms with van der Waals surface area (Å²) in [4.78, 5) is 31.9. The van der Waals surface area contributed by atoms with Crippen molar-refractivity contribution in [3.05, 3.63) is 51.1 Å². The summed E-state index contributed by atoms with van der Waals surface area (Å²) in [6, 6.07) is 4.78. The SMILES string of the molecule is C[C@@H]1C[C@H](C)CN(c2nccn3c(=O)n(CC(=O)Nc4ccc(Cl)c(Cl)c4)nc23)C1. The lowest BCUT2D eigenvalue weighted by Gasteiger charge is -2.35. The molecule has 1 aliphatic heterocycles. The van der Waals surface area contributed by atoms with E-state index in [1.165, 1.54) is 4.40 Å². The molecule has 0 radical (unpaired) electrons. The summed E-state index contributed by atoms with van der Waals surface area (Å²) in [6.45, 7) is 5.90. The number of fused-ring (bicyclic) bond motifs is 1. The Hall–Kier alpha value is -2.58. The molecule has 1 aliphatic rings. The first-order valence-electron chi connectivity index (χ1n) is 9.76. The van der Waals surface area contributed by atoms with E-state index in [4.69, 9.17) is 23.2 Å². The Morgan fingerprint density at radius 1 is 1.20 bits per heavy atom. The zero-order valence-electron chi connectivity index (χ0n) is 16.7. The standard InChI is InChI=1S/C20H22Cl2N6O2/c1-12-7-13(2)10-26(9-12)18-19-25-28(20(30)27(19)6-5-23-18)11-17(29)24-14-3-4-15(21)16(22)8-14/h3-6,8,12-13H,7,9-11H2,1-2H3,(H,24,29)/t12-,13+. The molecule has 30 heavy (non-hydrogen) atoms. The van der Waals surface area contributed by atoms with E-state index < -0.39 is 11.6 Å². The van der Waals surface area contributed by atoms with Crippen LogP contribution in [0, 0.1) is 11.8 Å². The Balaban J connectivity index is 1.59. The fourth-order valence-electron chi connectivity index (χ4n) is 4.01. The van der Waals surface area contributed by atoms with Gasteiger partial charge in [-0.25, -0.2) is 18.9 Å². The predicted octanol–water partition coefficient (Wildman–Crippen LogP) is 3.32. The Bertz CT molecular complexity index is 1150. The first-order valence-corrected chi connectivity index (χ1v) is 10.5. The van der Waals surface area contributed by atoms with Crippen molar-refractivity contribution in [2.45, 2.75) is 26.8 Å². The summed E-state index contributed by atoms with van der Waals surface area (Å²) in [5.41, 5.74) is 0.548. The molecule has 1 saturated heterocycles. The van der Waals surface area contributed by atoms with Crippen molar-refractivity contribution in [2.75, 3.05) is 23.3 Å². The maximum atomic E-state index is 12.8. The summed E-state index contributed by atoms with van der Waals surface area (Å²) < 4.78 is 2.57. The zero-order valence-corrected chi connectivity index (χ0v) is 18.2. The van der Waals surface area contributed by atoms with Gasteiger partial charge in [0.15, 0.2) is 5.82 Å². The molecular formula is C20H22Cl2N6O2. The third-order valence-corrected chi connectivity index (χ3v) is 5.89. The van der Waals surface area contributed by atoms with Crippen LogP contribution in [0.3, 0.4) is 0 Å². The molecule has 1 aromatic carbocycles. The minimum absolute atomic E-state index is 0.229. The molecule has 0 spiro atoms. The fraction of sp³-hybridized carbons (Fsp3) is 0.400. The Labute approximate surface area is 183 Å². The monoisotopic (exact) mass is 448 g/mol.